The van der Waals surface area contributed by atoms with Gasteiger partial charge in [0.25, 0.3) is 0 Å². The Kier molecular flexibility index (Phi) is 2.61. The van der Waals surface area contributed by atoms with Crippen molar-refractivity contribution in [1.82, 2.24) is 14.9 Å². The van der Waals surface area contributed by atoms with Crippen LogP contribution in [-0.2, 0) is 18.2 Å². The van der Waals surface area contributed by atoms with Crippen LogP contribution in [0.2, 0.25) is 0 Å². The maximum Gasteiger partial charge on any atom is 0.110 e. The zero-order valence-corrected chi connectivity index (χ0v) is 7.86. The van der Waals surface area contributed by atoms with E-state index in [-0.39, 0.29) is 0 Å². The molecule has 4 heteroatoms. The molecule has 1 aliphatic heterocycles. The summed E-state index contributed by atoms with van der Waals surface area (Å²) in [4.78, 5) is 4.28. The number of nitrogens with zero attached hydrogens (tertiary/aromatic N) is 2. The fourth-order valence-corrected chi connectivity index (χ4v) is 1.56. The predicted octanol–water partition coefficient (Wildman–Crippen LogP) is -0.0490. The normalized spacial score (nSPS) is 23.3. The summed E-state index contributed by atoms with van der Waals surface area (Å²) in [6.45, 7) is 2.58. The van der Waals surface area contributed by atoms with Crippen LogP contribution >= 0.6 is 0 Å². The Morgan fingerprint density at radius 3 is 3.31 bits per heavy atom. The van der Waals surface area contributed by atoms with Crippen LogP contribution in [-0.4, -0.2) is 35.4 Å². The fraction of sp³-hybridized carbons (Fsp3) is 0.667. The lowest BCUT2D eigenvalue weighted by Crippen LogP contribution is -2.42. The smallest absolute Gasteiger partial charge is 0.110 e. The minimum Gasteiger partial charge on any atom is -0.379 e. The highest BCUT2D eigenvalue weighted by Gasteiger charge is 2.14. The van der Waals surface area contributed by atoms with E-state index in [1.807, 2.05) is 19.4 Å². The van der Waals surface area contributed by atoms with E-state index in [1.54, 1.807) is 0 Å². The molecule has 0 saturated carbocycles. The van der Waals surface area contributed by atoms with Gasteiger partial charge in [0.2, 0.25) is 0 Å². The minimum atomic E-state index is 0.426. The number of morpholine rings is 1. The number of hydrogen-bond acceptors (Lipinski definition) is 3. The number of hydrogen-bond donors (Lipinski definition) is 1. The SMILES string of the molecule is Cn1ccnc1CC1COCCN1. The first-order chi connectivity index (χ1) is 6.36. The Hall–Kier alpha value is -0.870. The second-order valence-electron chi connectivity index (χ2n) is 3.38. The maximum absolute atomic E-state index is 5.37. The van der Waals surface area contributed by atoms with Crippen LogP contribution < -0.4 is 5.32 Å². The topological polar surface area (TPSA) is 39.1 Å². The average molecular weight is 181 g/mol. The molecule has 0 aliphatic carbocycles. The second kappa shape index (κ2) is 3.89. The van der Waals surface area contributed by atoms with E-state index >= 15 is 0 Å². The molecule has 0 amide bonds. The van der Waals surface area contributed by atoms with Gasteiger partial charge in [0.1, 0.15) is 5.82 Å². The van der Waals surface area contributed by atoms with E-state index in [0.29, 0.717) is 6.04 Å². The van der Waals surface area contributed by atoms with Gasteiger partial charge in [-0.15, -0.1) is 0 Å². The Labute approximate surface area is 77.9 Å². The molecule has 1 atom stereocenters. The molecule has 13 heavy (non-hydrogen) atoms. The summed E-state index contributed by atoms with van der Waals surface area (Å²) in [6, 6.07) is 0.426. The van der Waals surface area contributed by atoms with Crippen molar-refractivity contribution in [1.29, 1.82) is 0 Å². The zero-order chi connectivity index (χ0) is 9.10. The first kappa shape index (κ1) is 8.72. The molecular formula is C9H15N3O. The Morgan fingerprint density at radius 1 is 1.77 bits per heavy atom. The monoisotopic (exact) mass is 181 g/mol. The van der Waals surface area contributed by atoms with Crippen molar-refractivity contribution in [2.45, 2.75) is 12.5 Å². The first-order valence-corrected chi connectivity index (χ1v) is 4.63. The molecule has 72 valence electrons. The number of imidazole rings is 1. The summed E-state index contributed by atoms with van der Waals surface area (Å²) >= 11 is 0. The fourth-order valence-electron chi connectivity index (χ4n) is 1.56. The lowest BCUT2D eigenvalue weighted by molar-refractivity contribution is 0.0762. The number of ether oxygens (including phenoxy) is 1. The van der Waals surface area contributed by atoms with Gasteiger partial charge in [-0.1, -0.05) is 0 Å². The maximum atomic E-state index is 5.37. The molecule has 1 fully saturated rings. The molecule has 1 unspecified atom stereocenters. The molecule has 1 aromatic heterocycles. The summed E-state index contributed by atoms with van der Waals surface area (Å²) in [5.41, 5.74) is 0. The summed E-state index contributed by atoms with van der Waals surface area (Å²) in [7, 11) is 2.02. The van der Waals surface area contributed by atoms with E-state index in [4.69, 9.17) is 4.74 Å². The van der Waals surface area contributed by atoms with Crippen LogP contribution in [0.4, 0.5) is 0 Å². The lowest BCUT2D eigenvalue weighted by Gasteiger charge is -2.23. The van der Waals surface area contributed by atoms with Gasteiger partial charge in [-0.05, 0) is 0 Å². The summed E-state index contributed by atoms with van der Waals surface area (Å²) in [5, 5.41) is 3.41. The highest BCUT2D eigenvalue weighted by atomic mass is 16.5. The first-order valence-electron chi connectivity index (χ1n) is 4.63. The highest BCUT2D eigenvalue weighted by molar-refractivity contribution is 4.95. The molecule has 2 heterocycles. The van der Waals surface area contributed by atoms with E-state index in [1.165, 1.54) is 0 Å². The van der Waals surface area contributed by atoms with E-state index in [9.17, 15) is 0 Å². The van der Waals surface area contributed by atoms with Gasteiger partial charge in [0.05, 0.1) is 13.2 Å². The standard InChI is InChI=1S/C9H15N3O/c1-12-4-2-11-9(12)6-8-7-13-5-3-10-8/h2,4,8,10H,3,5-7H2,1H3. The average Bonchev–Trinajstić information content (AvgIpc) is 2.54. The highest BCUT2D eigenvalue weighted by Crippen LogP contribution is 2.02. The minimum absolute atomic E-state index is 0.426. The molecule has 1 aliphatic rings. The Bertz CT molecular complexity index is 266. The quantitative estimate of drug-likeness (QED) is 0.695. The zero-order valence-electron chi connectivity index (χ0n) is 7.86. The Balaban J connectivity index is 1.93. The molecule has 0 radical (unpaired) electrons. The summed E-state index contributed by atoms with van der Waals surface area (Å²) in [6.07, 6.45) is 4.75. The van der Waals surface area contributed by atoms with Crippen LogP contribution in [0.1, 0.15) is 5.82 Å². The van der Waals surface area contributed by atoms with Crippen LogP contribution in [0.5, 0.6) is 0 Å². The van der Waals surface area contributed by atoms with E-state index in [0.717, 1.165) is 32.0 Å². The van der Waals surface area contributed by atoms with Gasteiger partial charge in [-0.2, -0.15) is 0 Å². The summed E-state index contributed by atoms with van der Waals surface area (Å²) < 4.78 is 7.42. The third-order valence-electron chi connectivity index (χ3n) is 2.35. The Morgan fingerprint density at radius 2 is 2.69 bits per heavy atom. The van der Waals surface area contributed by atoms with Crippen molar-refractivity contribution in [3.05, 3.63) is 18.2 Å². The molecule has 0 bridgehead atoms. The van der Waals surface area contributed by atoms with Crippen LogP contribution in [0, 0.1) is 0 Å². The molecule has 1 N–H and O–H groups in total. The van der Waals surface area contributed by atoms with Crippen molar-refractivity contribution >= 4 is 0 Å². The van der Waals surface area contributed by atoms with Gasteiger partial charge >= 0.3 is 0 Å². The molecular weight excluding hydrogens is 166 g/mol. The largest absolute Gasteiger partial charge is 0.379 e. The second-order valence-corrected chi connectivity index (χ2v) is 3.38. The molecule has 1 saturated heterocycles. The molecule has 1 aromatic rings. The molecule has 0 spiro atoms. The lowest BCUT2D eigenvalue weighted by atomic mass is 10.2. The van der Waals surface area contributed by atoms with Crippen LogP contribution in [0.25, 0.3) is 0 Å². The predicted molar refractivity (Wildman–Crippen MR) is 49.5 cm³/mol. The molecule has 0 aromatic carbocycles. The van der Waals surface area contributed by atoms with Gasteiger partial charge in [0.15, 0.2) is 0 Å². The third-order valence-corrected chi connectivity index (χ3v) is 2.35. The van der Waals surface area contributed by atoms with E-state index < -0.39 is 0 Å². The van der Waals surface area contributed by atoms with Gasteiger partial charge in [-0.3, -0.25) is 0 Å². The molecule has 4 nitrogen and oxygen atoms in total. The van der Waals surface area contributed by atoms with Gasteiger partial charge < -0.3 is 14.6 Å². The van der Waals surface area contributed by atoms with Crippen LogP contribution in [0.15, 0.2) is 12.4 Å². The van der Waals surface area contributed by atoms with Crippen molar-refractivity contribution in [2.24, 2.45) is 7.05 Å². The molecule has 2 rings (SSSR count). The third kappa shape index (κ3) is 2.08. The number of aromatic nitrogens is 2. The van der Waals surface area contributed by atoms with Crippen molar-refractivity contribution in [3.8, 4) is 0 Å². The number of nitrogens with one attached hydrogen (secondary N) is 1. The number of aryl methyl sites for hydroxylation is 1. The van der Waals surface area contributed by atoms with Gasteiger partial charge in [-0.25, -0.2) is 4.98 Å². The van der Waals surface area contributed by atoms with Crippen LogP contribution in [0.3, 0.4) is 0 Å². The summed E-state index contributed by atoms with van der Waals surface area (Å²) in [5.74, 6) is 1.11. The van der Waals surface area contributed by atoms with Gasteiger partial charge in [0, 0.05) is 38.4 Å². The number of rotatable bonds is 2. The van der Waals surface area contributed by atoms with E-state index in [2.05, 4.69) is 14.9 Å². The van der Waals surface area contributed by atoms with Crippen molar-refractivity contribution < 1.29 is 4.74 Å². The van der Waals surface area contributed by atoms with Crippen molar-refractivity contribution in [2.75, 3.05) is 19.8 Å². The van der Waals surface area contributed by atoms with Crippen molar-refractivity contribution in [3.63, 3.8) is 0 Å².